The summed E-state index contributed by atoms with van der Waals surface area (Å²) in [6.07, 6.45) is 1.46. The molecule has 0 fully saturated rings. The van der Waals surface area contributed by atoms with Gasteiger partial charge in [0.2, 0.25) is 0 Å². The molecule has 8 heteroatoms. The van der Waals surface area contributed by atoms with Crippen molar-refractivity contribution in [3.05, 3.63) is 38.2 Å². The van der Waals surface area contributed by atoms with Gasteiger partial charge in [0, 0.05) is 4.91 Å². The molecule has 1 aromatic rings. The van der Waals surface area contributed by atoms with Gasteiger partial charge in [0.25, 0.3) is 0 Å². The van der Waals surface area contributed by atoms with E-state index in [0.717, 1.165) is 0 Å². The minimum atomic E-state index is -0.459. The molecule has 1 aromatic carbocycles. The highest BCUT2D eigenvalue weighted by molar-refractivity contribution is 6.45. The zero-order valence-electron chi connectivity index (χ0n) is 8.32. The molecule has 0 saturated heterocycles. The van der Waals surface area contributed by atoms with Gasteiger partial charge >= 0.3 is 0 Å². The summed E-state index contributed by atoms with van der Waals surface area (Å²) in [6.45, 7) is 3.57. The van der Waals surface area contributed by atoms with E-state index < -0.39 is 5.69 Å². The minimum absolute atomic E-state index is 0.0162. The molecule has 5 nitrogen and oxygen atoms in total. The van der Waals surface area contributed by atoms with Crippen LogP contribution in [0.5, 0.6) is 5.75 Å². The number of halogens is 3. The molecule has 0 aromatic heterocycles. The van der Waals surface area contributed by atoms with Crippen LogP contribution in [0.4, 0.5) is 11.4 Å². The van der Waals surface area contributed by atoms with Crippen LogP contribution in [0, 0.1) is 0 Å². The van der Waals surface area contributed by atoms with Crippen LogP contribution in [0.1, 0.15) is 0 Å². The van der Waals surface area contributed by atoms with Gasteiger partial charge in [0.05, 0.1) is 15.7 Å². The standard InChI is InChI=1S/C9H5Cl3N4O/c1-2-3-17-9-5(11)7(13)4(10)8(6(9)12)15-16-14/h2H,1,3H2. The molecule has 88 valence electrons. The monoisotopic (exact) mass is 290 g/mol. The second kappa shape index (κ2) is 5.89. The molecule has 0 unspecified atom stereocenters. The third kappa shape index (κ3) is 2.70. The second-order valence-electron chi connectivity index (χ2n) is 2.76. The molecule has 0 aliphatic heterocycles. The maximum Gasteiger partial charge on any atom is 0.159 e. The van der Waals surface area contributed by atoms with E-state index in [1.165, 1.54) is 6.08 Å². The van der Waals surface area contributed by atoms with Crippen molar-refractivity contribution < 1.29 is 4.74 Å². The third-order valence-corrected chi connectivity index (χ3v) is 2.78. The first-order chi connectivity index (χ1) is 8.04. The maximum absolute atomic E-state index is 9.61. The topological polar surface area (TPSA) is 80.3 Å². The van der Waals surface area contributed by atoms with Crippen molar-refractivity contribution in [3.63, 3.8) is 0 Å². The first kappa shape index (κ1) is 13.8. The zero-order chi connectivity index (χ0) is 13.0. The van der Waals surface area contributed by atoms with Gasteiger partial charge in [-0.3, -0.25) is 0 Å². The fourth-order valence-electron chi connectivity index (χ4n) is 1.02. The number of azide groups is 1. The predicted molar refractivity (Wildman–Crippen MR) is 67.8 cm³/mol. The summed E-state index contributed by atoms with van der Waals surface area (Å²) in [4.78, 5) is 2.55. The number of hydrogen-bond acceptors (Lipinski definition) is 2. The highest BCUT2D eigenvalue weighted by atomic mass is 35.5. The first-order valence-corrected chi connectivity index (χ1v) is 5.36. The smallest absolute Gasteiger partial charge is 0.159 e. The lowest BCUT2D eigenvalue weighted by Crippen LogP contribution is -1.96. The van der Waals surface area contributed by atoms with Gasteiger partial charge in [-0.05, 0) is 5.53 Å². The van der Waals surface area contributed by atoms with Gasteiger partial charge in [-0.25, -0.2) is 0 Å². The largest absolute Gasteiger partial charge is 0.486 e. The van der Waals surface area contributed by atoms with Crippen LogP contribution in [0.25, 0.3) is 10.4 Å². The van der Waals surface area contributed by atoms with Gasteiger partial charge in [-0.2, -0.15) is 0 Å². The predicted octanol–water partition coefficient (Wildman–Crippen LogP) is 4.85. The van der Waals surface area contributed by atoms with Gasteiger partial charge < -0.3 is 4.74 Å². The Morgan fingerprint density at radius 2 is 2.00 bits per heavy atom. The Bertz CT molecular complexity index is 512. The third-order valence-electron chi connectivity index (χ3n) is 1.72. The molecule has 1 rings (SSSR count). The van der Waals surface area contributed by atoms with Crippen LogP contribution >= 0.6 is 34.8 Å². The van der Waals surface area contributed by atoms with Crippen LogP contribution in [0.3, 0.4) is 0 Å². The summed E-state index contributed by atoms with van der Waals surface area (Å²) in [5.41, 5.74) is 17.4. The summed E-state index contributed by atoms with van der Waals surface area (Å²) >= 11 is 17.4. The second-order valence-corrected chi connectivity index (χ2v) is 3.89. The summed E-state index contributed by atoms with van der Waals surface area (Å²) < 4.78 is 5.16. The van der Waals surface area contributed by atoms with E-state index in [-0.39, 0.29) is 33.1 Å². The molecule has 0 atom stereocenters. The number of ether oxygens (including phenoxy) is 1. The lowest BCUT2D eigenvalue weighted by molar-refractivity contribution is 0.364. The van der Waals surface area contributed by atoms with Crippen molar-refractivity contribution in [3.8, 4) is 5.75 Å². The molecule has 0 spiro atoms. The quantitative estimate of drug-likeness (QED) is 0.338. The molecule has 17 heavy (non-hydrogen) atoms. The van der Waals surface area contributed by atoms with Gasteiger partial charge in [0.15, 0.2) is 5.75 Å². The number of nitrogens with zero attached hydrogens (tertiary/aromatic N) is 4. The average Bonchev–Trinajstić information content (AvgIpc) is 2.32. The summed E-state index contributed by atoms with van der Waals surface area (Å²) in [7, 11) is 0. The molecular formula is C9H5Cl3N4O. The van der Waals surface area contributed by atoms with E-state index in [9.17, 15) is 5.73 Å². The van der Waals surface area contributed by atoms with E-state index in [0.29, 0.717) is 0 Å². The summed E-state index contributed by atoms with van der Waals surface area (Å²) in [6, 6.07) is 0. The van der Waals surface area contributed by atoms with E-state index in [2.05, 4.69) is 16.6 Å². The molecule has 0 aliphatic carbocycles. The van der Waals surface area contributed by atoms with Crippen molar-refractivity contribution in [2.24, 2.45) is 5.11 Å². The van der Waals surface area contributed by atoms with E-state index in [4.69, 9.17) is 45.1 Å². The Morgan fingerprint density at radius 3 is 2.53 bits per heavy atom. The van der Waals surface area contributed by atoms with Crippen LogP contribution in [0.15, 0.2) is 17.8 Å². The Balaban J connectivity index is 3.49. The minimum Gasteiger partial charge on any atom is -0.486 e. The summed E-state index contributed by atoms with van der Waals surface area (Å²) in [5, 5.41) is 2.81. The fraction of sp³-hybridized carbons (Fsp3) is 0.111. The average molecular weight is 292 g/mol. The van der Waals surface area contributed by atoms with Crippen LogP contribution in [-0.2, 0) is 0 Å². The van der Waals surface area contributed by atoms with E-state index in [1.54, 1.807) is 0 Å². The van der Waals surface area contributed by atoms with Crippen molar-refractivity contribution in [2.75, 3.05) is 6.61 Å². The number of rotatable bonds is 4. The van der Waals surface area contributed by atoms with Crippen molar-refractivity contribution in [1.82, 2.24) is 5.73 Å². The van der Waals surface area contributed by atoms with Crippen LogP contribution in [-0.4, -0.2) is 6.61 Å². The SMILES string of the molecule is C=CCOc1c(Cl)c([N])c(Cl)c(N=[N+]=[N-])c1Cl. The first-order valence-electron chi connectivity index (χ1n) is 4.22. The van der Waals surface area contributed by atoms with E-state index >= 15 is 0 Å². The van der Waals surface area contributed by atoms with Gasteiger partial charge in [0.1, 0.15) is 17.3 Å². The normalized spacial score (nSPS) is 9.59. The molecule has 0 saturated carbocycles. The highest BCUT2D eigenvalue weighted by Crippen LogP contribution is 2.50. The molecule has 0 N–H and O–H groups in total. The van der Waals surface area contributed by atoms with E-state index in [1.807, 2.05) is 0 Å². The Hall–Kier alpha value is -1.26. The molecule has 0 bridgehead atoms. The fourth-order valence-corrected chi connectivity index (χ4v) is 1.91. The van der Waals surface area contributed by atoms with Crippen LogP contribution in [0.2, 0.25) is 15.1 Å². The van der Waals surface area contributed by atoms with Gasteiger partial charge in [-0.15, -0.1) is 5.73 Å². The maximum atomic E-state index is 9.61. The highest BCUT2D eigenvalue weighted by Gasteiger charge is 2.21. The number of benzene rings is 1. The van der Waals surface area contributed by atoms with Crippen molar-refractivity contribution in [2.45, 2.75) is 0 Å². The molecule has 2 radical (unpaired) electrons. The number of hydrogen-bond donors (Lipinski definition) is 0. The van der Waals surface area contributed by atoms with Crippen molar-refractivity contribution >= 4 is 46.2 Å². The van der Waals surface area contributed by atoms with Crippen molar-refractivity contribution in [1.29, 1.82) is 0 Å². The molecule has 0 heterocycles. The lowest BCUT2D eigenvalue weighted by Gasteiger charge is -2.12. The van der Waals surface area contributed by atoms with Gasteiger partial charge in [-0.1, -0.05) is 52.6 Å². The Kier molecular flexibility index (Phi) is 4.78. The molecule has 0 aliphatic rings. The zero-order valence-corrected chi connectivity index (χ0v) is 10.6. The Labute approximate surface area is 112 Å². The molecular weight excluding hydrogens is 286 g/mol. The Morgan fingerprint density at radius 1 is 1.35 bits per heavy atom. The summed E-state index contributed by atoms with van der Waals surface area (Å²) in [5.74, 6) is -0.0162. The lowest BCUT2D eigenvalue weighted by atomic mass is 10.2. The molecule has 0 amide bonds. The van der Waals surface area contributed by atoms with Crippen LogP contribution < -0.4 is 10.5 Å².